The van der Waals surface area contributed by atoms with E-state index in [1.807, 2.05) is 6.92 Å². The third kappa shape index (κ3) is 2.73. The number of nitrogens with two attached hydrogens (primary N) is 1. The molecule has 2 aromatic heterocycles. The summed E-state index contributed by atoms with van der Waals surface area (Å²) in [5, 5.41) is 6.89. The van der Waals surface area contributed by atoms with Gasteiger partial charge in [0.25, 0.3) is 5.56 Å². The molecule has 2 rings (SSSR count). The van der Waals surface area contributed by atoms with E-state index in [1.165, 1.54) is 4.57 Å². The maximum absolute atomic E-state index is 11.9. The van der Waals surface area contributed by atoms with Gasteiger partial charge in [0.1, 0.15) is 11.5 Å². The van der Waals surface area contributed by atoms with Crippen molar-refractivity contribution in [1.29, 1.82) is 0 Å². The van der Waals surface area contributed by atoms with Crippen molar-refractivity contribution in [3.63, 3.8) is 0 Å². The summed E-state index contributed by atoms with van der Waals surface area (Å²) in [5.41, 5.74) is 5.70. The number of aryl methyl sites for hydroxylation is 1. The van der Waals surface area contributed by atoms with E-state index in [4.69, 9.17) is 5.73 Å². The first-order valence-electron chi connectivity index (χ1n) is 6.41. The van der Waals surface area contributed by atoms with E-state index in [-0.39, 0.29) is 11.5 Å². The highest BCUT2D eigenvalue weighted by atomic mass is 16.2. The third-order valence-electron chi connectivity index (χ3n) is 2.95. The van der Waals surface area contributed by atoms with Crippen molar-refractivity contribution in [3.8, 4) is 0 Å². The predicted molar refractivity (Wildman–Crippen MR) is 77.1 cm³/mol. The number of rotatable bonds is 5. The minimum absolute atomic E-state index is 0.135. The topological polar surface area (TPSA) is 111 Å². The summed E-state index contributed by atoms with van der Waals surface area (Å²) in [7, 11) is 1.76. The van der Waals surface area contributed by atoms with Crippen LogP contribution in [0.3, 0.4) is 0 Å². The van der Waals surface area contributed by atoms with Gasteiger partial charge >= 0.3 is 5.69 Å². The van der Waals surface area contributed by atoms with Crippen LogP contribution in [0.25, 0.3) is 0 Å². The SMILES string of the molecule is CCCCn1c(N)c(Nc2cnn(C)c2)c(=O)[nH]c1=O. The largest absolute Gasteiger partial charge is 0.383 e. The summed E-state index contributed by atoms with van der Waals surface area (Å²) in [6.45, 7) is 2.49. The van der Waals surface area contributed by atoms with Crippen LogP contribution in [0.2, 0.25) is 0 Å². The van der Waals surface area contributed by atoms with Crippen LogP contribution < -0.4 is 22.3 Å². The van der Waals surface area contributed by atoms with Crippen LogP contribution in [0.5, 0.6) is 0 Å². The number of nitrogens with one attached hydrogen (secondary N) is 2. The summed E-state index contributed by atoms with van der Waals surface area (Å²) in [6, 6.07) is 0. The van der Waals surface area contributed by atoms with E-state index >= 15 is 0 Å². The maximum Gasteiger partial charge on any atom is 0.330 e. The van der Waals surface area contributed by atoms with E-state index in [0.717, 1.165) is 12.8 Å². The van der Waals surface area contributed by atoms with Gasteiger partial charge in [-0.2, -0.15) is 5.10 Å². The van der Waals surface area contributed by atoms with Gasteiger partial charge in [-0.1, -0.05) is 13.3 Å². The highest BCUT2D eigenvalue weighted by Gasteiger charge is 2.12. The Kier molecular flexibility index (Phi) is 3.92. The number of aromatic amines is 1. The molecule has 0 aliphatic rings. The fraction of sp³-hybridized carbons (Fsp3) is 0.417. The second kappa shape index (κ2) is 5.64. The van der Waals surface area contributed by atoms with Gasteiger partial charge in [0.05, 0.1) is 11.9 Å². The molecule has 8 nitrogen and oxygen atoms in total. The van der Waals surface area contributed by atoms with Crippen molar-refractivity contribution in [2.75, 3.05) is 11.1 Å². The summed E-state index contributed by atoms with van der Waals surface area (Å²) < 4.78 is 2.96. The van der Waals surface area contributed by atoms with Crippen LogP contribution in [-0.2, 0) is 13.6 Å². The molecule has 0 aliphatic heterocycles. The lowest BCUT2D eigenvalue weighted by Gasteiger charge is -2.12. The molecular formula is C12H18N6O2. The Balaban J connectivity index is 2.42. The Labute approximate surface area is 115 Å². The molecule has 0 bridgehead atoms. The zero-order valence-electron chi connectivity index (χ0n) is 11.5. The van der Waals surface area contributed by atoms with Crippen molar-refractivity contribution in [2.45, 2.75) is 26.3 Å². The second-order valence-electron chi connectivity index (χ2n) is 4.55. The number of H-pyrrole nitrogens is 1. The van der Waals surface area contributed by atoms with Crippen molar-refractivity contribution < 1.29 is 0 Å². The Bertz CT molecular complexity index is 711. The van der Waals surface area contributed by atoms with Crippen LogP contribution in [0.4, 0.5) is 17.2 Å². The van der Waals surface area contributed by atoms with E-state index in [0.29, 0.717) is 12.2 Å². The Morgan fingerprint density at radius 1 is 1.45 bits per heavy atom. The average molecular weight is 278 g/mol. The molecule has 2 heterocycles. The Morgan fingerprint density at radius 2 is 2.20 bits per heavy atom. The van der Waals surface area contributed by atoms with Gasteiger partial charge in [-0.3, -0.25) is 19.0 Å². The Morgan fingerprint density at radius 3 is 2.80 bits per heavy atom. The molecule has 0 unspecified atom stereocenters. The van der Waals surface area contributed by atoms with Crippen LogP contribution in [0.1, 0.15) is 19.8 Å². The normalized spacial score (nSPS) is 10.7. The fourth-order valence-electron chi connectivity index (χ4n) is 1.88. The minimum atomic E-state index is -0.538. The van der Waals surface area contributed by atoms with Crippen molar-refractivity contribution >= 4 is 17.2 Å². The molecule has 0 amide bonds. The van der Waals surface area contributed by atoms with Gasteiger partial charge in [0.2, 0.25) is 0 Å². The number of hydrogen-bond acceptors (Lipinski definition) is 5. The first kappa shape index (κ1) is 13.9. The van der Waals surface area contributed by atoms with Crippen LogP contribution >= 0.6 is 0 Å². The monoisotopic (exact) mass is 278 g/mol. The number of unbranched alkanes of at least 4 members (excludes halogenated alkanes) is 1. The van der Waals surface area contributed by atoms with Gasteiger partial charge in [-0.05, 0) is 6.42 Å². The molecule has 0 aliphatic carbocycles. The standard InChI is InChI=1S/C12H18N6O2/c1-3-4-5-18-10(13)9(11(19)16-12(18)20)15-8-6-14-17(2)7-8/h6-7,15H,3-5,13H2,1-2H3,(H,16,19,20). The fourth-order valence-corrected chi connectivity index (χ4v) is 1.88. The molecule has 0 fully saturated rings. The lowest BCUT2D eigenvalue weighted by molar-refractivity contribution is 0.606. The molecule has 0 saturated carbocycles. The quantitative estimate of drug-likeness (QED) is 0.733. The highest BCUT2D eigenvalue weighted by molar-refractivity contribution is 5.68. The highest BCUT2D eigenvalue weighted by Crippen LogP contribution is 2.17. The average Bonchev–Trinajstić information content (AvgIpc) is 2.80. The van der Waals surface area contributed by atoms with Crippen molar-refractivity contribution in [2.24, 2.45) is 7.05 Å². The van der Waals surface area contributed by atoms with Crippen LogP contribution in [0.15, 0.2) is 22.0 Å². The maximum atomic E-state index is 11.9. The summed E-state index contributed by atoms with van der Waals surface area (Å²) in [5.74, 6) is 0.135. The van der Waals surface area contributed by atoms with Crippen molar-refractivity contribution in [3.05, 3.63) is 33.2 Å². The molecule has 0 aromatic carbocycles. The first-order valence-corrected chi connectivity index (χ1v) is 6.41. The number of anilines is 3. The van der Waals surface area contributed by atoms with Gasteiger partial charge in [0.15, 0.2) is 0 Å². The van der Waals surface area contributed by atoms with E-state index in [2.05, 4.69) is 15.4 Å². The smallest absolute Gasteiger partial charge is 0.330 e. The van der Waals surface area contributed by atoms with E-state index in [1.54, 1.807) is 24.1 Å². The zero-order valence-corrected chi connectivity index (χ0v) is 11.5. The summed E-state index contributed by atoms with van der Waals surface area (Å²) in [4.78, 5) is 25.9. The van der Waals surface area contributed by atoms with E-state index in [9.17, 15) is 9.59 Å². The predicted octanol–water partition coefficient (Wildman–Crippen LogP) is 0.396. The molecule has 0 saturated heterocycles. The molecule has 0 spiro atoms. The third-order valence-corrected chi connectivity index (χ3v) is 2.95. The van der Waals surface area contributed by atoms with E-state index < -0.39 is 11.2 Å². The number of nitrogen functional groups attached to an aromatic ring is 1. The second-order valence-corrected chi connectivity index (χ2v) is 4.55. The molecule has 20 heavy (non-hydrogen) atoms. The minimum Gasteiger partial charge on any atom is -0.383 e. The molecule has 8 heteroatoms. The molecule has 0 radical (unpaired) electrons. The van der Waals surface area contributed by atoms with Gasteiger partial charge < -0.3 is 11.1 Å². The van der Waals surface area contributed by atoms with Gasteiger partial charge in [-0.15, -0.1) is 0 Å². The Hall–Kier alpha value is -2.51. The molecule has 2 aromatic rings. The lowest BCUT2D eigenvalue weighted by Crippen LogP contribution is -2.33. The molecular weight excluding hydrogens is 260 g/mol. The summed E-state index contributed by atoms with van der Waals surface area (Å²) in [6.07, 6.45) is 5.01. The molecule has 0 atom stereocenters. The van der Waals surface area contributed by atoms with Crippen LogP contribution in [-0.4, -0.2) is 19.3 Å². The summed E-state index contributed by atoms with van der Waals surface area (Å²) >= 11 is 0. The number of aromatic nitrogens is 4. The van der Waals surface area contributed by atoms with Gasteiger partial charge in [-0.25, -0.2) is 4.79 Å². The zero-order chi connectivity index (χ0) is 14.7. The van der Waals surface area contributed by atoms with Gasteiger partial charge in [0, 0.05) is 19.8 Å². The lowest BCUT2D eigenvalue weighted by atomic mass is 10.3. The number of hydrogen-bond donors (Lipinski definition) is 3. The molecule has 4 N–H and O–H groups in total. The number of nitrogens with zero attached hydrogens (tertiary/aromatic N) is 3. The molecule has 108 valence electrons. The van der Waals surface area contributed by atoms with Crippen molar-refractivity contribution in [1.82, 2.24) is 19.3 Å². The van der Waals surface area contributed by atoms with Crippen LogP contribution in [0, 0.1) is 0 Å². The first-order chi connectivity index (χ1) is 9.52.